The number of aliphatic carboxylic acids is 1. The normalized spacial score (nSPS) is 12.6. The van der Waals surface area contributed by atoms with Crippen LogP contribution in [0.1, 0.15) is 65.1 Å². The molecule has 0 saturated heterocycles. The Morgan fingerprint density at radius 1 is 0.894 bits per heavy atom. The zero-order valence-electron chi connectivity index (χ0n) is 25.7. The van der Waals surface area contributed by atoms with Gasteiger partial charge in [0.15, 0.2) is 0 Å². The number of ether oxygens (including phenoxy) is 1. The van der Waals surface area contributed by atoms with Gasteiger partial charge in [0.05, 0.1) is 12.3 Å². The van der Waals surface area contributed by atoms with Gasteiger partial charge in [0.2, 0.25) is 5.91 Å². The summed E-state index contributed by atoms with van der Waals surface area (Å²) in [5.41, 5.74) is 5.02. The van der Waals surface area contributed by atoms with Crippen LogP contribution in [0.15, 0.2) is 91.0 Å². The van der Waals surface area contributed by atoms with Crippen LogP contribution >= 0.6 is 11.6 Å². The number of halogens is 4. The molecule has 2 atom stereocenters. The minimum Gasteiger partial charge on any atom is -0.481 e. The Kier molecular flexibility index (Phi) is 11.7. The molecule has 4 aromatic rings. The topological polar surface area (TPSA) is 105 Å². The molecule has 47 heavy (non-hydrogen) atoms. The number of carboxylic acid groups (broad SMARTS) is 1. The Bertz CT molecular complexity index is 1690. The van der Waals surface area contributed by atoms with Crippen molar-refractivity contribution < 1.29 is 37.4 Å². The van der Waals surface area contributed by atoms with Crippen molar-refractivity contribution in [2.24, 2.45) is 0 Å². The SMILES string of the molecule is CCC[C@@H](c1ccc(C(=O)NCCC(=O)O)cc1)[C@H](C(=O)Nc1ccc(-c2ccc(Cl)cc2C)cc1)c1ccc(OC(F)(F)F)cc1. The van der Waals surface area contributed by atoms with Crippen LogP contribution in [0.25, 0.3) is 11.1 Å². The average Bonchev–Trinajstić information content (AvgIpc) is 3.01. The summed E-state index contributed by atoms with van der Waals surface area (Å²) in [6.07, 6.45) is -3.83. The highest BCUT2D eigenvalue weighted by Crippen LogP contribution is 2.39. The molecule has 246 valence electrons. The Labute approximate surface area is 275 Å². The highest BCUT2D eigenvalue weighted by atomic mass is 35.5. The summed E-state index contributed by atoms with van der Waals surface area (Å²) in [6, 6.07) is 24.9. The molecule has 2 amide bonds. The molecule has 11 heteroatoms. The standard InChI is InChI=1S/C36H34ClF3N2O5/c1-3-4-31(24-5-7-26(8-6-24)34(45)41-20-19-32(43)44)33(25-11-16-29(17-12-25)47-36(38,39)40)35(46)42-28-14-9-23(10-15-28)30-18-13-27(37)21-22(30)2/h5-18,21,31,33H,3-4,19-20H2,1-2H3,(H,41,45)(H,42,46)(H,43,44)/t31-,33+/m0/s1. The molecule has 0 saturated carbocycles. The Morgan fingerprint density at radius 2 is 1.53 bits per heavy atom. The van der Waals surface area contributed by atoms with Gasteiger partial charge in [-0.1, -0.05) is 67.4 Å². The highest BCUT2D eigenvalue weighted by Gasteiger charge is 2.33. The van der Waals surface area contributed by atoms with Gasteiger partial charge in [-0.2, -0.15) is 0 Å². The zero-order chi connectivity index (χ0) is 34.1. The van der Waals surface area contributed by atoms with E-state index < -0.39 is 35.8 Å². The first-order valence-corrected chi connectivity index (χ1v) is 15.4. The average molecular weight is 667 g/mol. The number of anilines is 1. The van der Waals surface area contributed by atoms with E-state index in [2.05, 4.69) is 15.4 Å². The first-order valence-electron chi connectivity index (χ1n) is 15.0. The molecule has 0 aliphatic heterocycles. The second-order valence-electron chi connectivity index (χ2n) is 11.0. The van der Waals surface area contributed by atoms with Crippen LogP contribution in [0.4, 0.5) is 18.9 Å². The van der Waals surface area contributed by atoms with Crippen LogP contribution in [0.5, 0.6) is 5.75 Å². The lowest BCUT2D eigenvalue weighted by molar-refractivity contribution is -0.274. The number of hydrogen-bond donors (Lipinski definition) is 3. The van der Waals surface area contributed by atoms with Crippen LogP contribution in [-0.2, 0) is 9.59 Å². The molecule has 4 aromatic carbocycles. The van der Waals surface area contributed by atoms with Crippen LogP contribution in [0, 0.1) is 6.92 Å². The molecule has 7 nitrogen and oxygen atoms in total. The Morgan fingerprint density at radius 3 is 2.11 bits per heavy atom. The number of carbonyl (C=O) groups is 3. The summed E-state index contributed by atoms with van der Waals surface area (Å²) >= 11 is 6.11. The predicted molar refractivity (Wildman–Crippen MR) is 175 cm³/mol. The van der Waals surface area contributed by atoms with Gasteiger partial charge in [-0.15, -0.1) is 13.2 Å². The van der Waals surface area contributed by atoms with E-state index in [-0.39, 0.29) is 18.9 Å². The molecule has 0 aliphatic carbocycles. The maximum atomic E-state index is 14.1. The number of amides is 2. The number of carboxylic acids is 1. The summed E-state index contributed by atoms with van der Waals surface area (Å²) in [7, 11) is 0. The number of carbonyl (C=O) groups excluding carboxylic acids is 2. The summed E-state index contributed by atoms with van der Waals surface area (Å²) in [6.45, 7) is 3.90. The molecule has 0 aromatic heterocycles. The summed E-state index contributed by atoms with van der Waals surface area (Å²) in [5, 5.41) is 15.0. The molecule has 0 spiro atoms. The van der Waals surface area contributed by atoms with E-state index in [0.29, 0.717) is 34.7 Å². The van der Waals surface area contributed by atoms with Crippen molar-refractivity contribution in [2.75, 3.05) is 11.9 Å². The fraction of sp³-hybridized carbons (Fsp3) is 0.250. The molecule has 0 aliphatic rings. The number of rotatable bonds is 13. The zero-order valence-corrected chi connectivity index (χ0v) is 26.5. The first kappa shape index (κ1) is 35.0. The van der Waals surface area contributed by atoms with Gasteiger partial charge >= 0.3 is 12.3 Å². The van der Waals surface area contributed by atoms with E-state index in [4.69, 9.17) is 16.7 Å². The van der Waals surface area contributed by atoms with Gasteiger partial charge in [0.25, 0.3) is 5.91 Å². The molecule has 0 unspecified atom stereocenters. The van der Waals surface area contributed by atoms with Gasteiger partial charge in [0, 0.05) is 22.8 Å². The second-order valence-corrected chi connectivity index (χ2v) is 11.5. The minimum absolute atomic E-state index is 0.0229. The van der Waals surface area contributed by atoms with Gasteiger partial charge in [-0.25, -0.2) is 0 Å². The number of benzene rings is 4. The molecule has 0 bridgehead atoms. The predicted octanol–water partition coefficient (Wildman–Crippen LogP) is 8.72. The van der Waals surface area contributed by atoms with Crippen LogP contribution < -0.4 is 15.4 Å². The lowest BCUT2D eigenvalue weighted by atomic mass is 9.78. The quantitative estimate of drug-likeness (QED) is 0.132. The van der Waals surface area contributed by atoms with E-state index in [1.807, 2.05) is 44.2 Å². The maximum Gasteiger partial charge on any atom is 0.573 e. The maximum absolute atomic E-state index is 14.1. The van der Waals surface area contributed by atoms with Gasteiger partial charge in [0.1, 0.15) is 5.75 Å². The third-order valence-corrected chi connectivity index (χ3v) is 7.87. The van der Waals surface area contributed by atoms with Gasteiger partial charge < -0.3 is 20.5 Å². The van der Waals surface area contributed by atoms with E-state index in [1.165, 1.54) is 24.3 Å². The Hall–Kier alpha value is -4.83. The number of nitrogens with one attached hydrogen (secondary N) is 2. The third-order valence-electron chi connectivity index (χ3n) is 7.63. The molecular weight excluding hydrogens is 633 g/mol. The van der Waals surface area contributed by atoms with Crippen molar-refractivity contribution in [3.05, 3.63) is 118 Å². The van der Waals surface area contributed by atoms with E-state index >= 15 is 0 Å². The summed E-state index contributed by atoms with van der Waals surface area (Å²) in [4.78, 5) is 37.4. The van der Waals surface area contributed by atoms with Crippen LogP contribution in [0.3, 0.4) is 0 Å². The molecular formula is C36H34ClF3N2O5. The van der Waals surface area contributed by atoms with Crippen LogP contribution in [-0.4, -0.2) is 35.8 Å². The molecule has 4 rings (SSSR count). The lowest BCUT2D eigenvalue weighted by Gasteiger charge is -2.28. The third kappa shape index (κ3) is 9.83. The van der Waals surface area contributed by atoms with Crippen molar-refractivity contribution in [3.8, 4) is 16.9 Å². The smallest absolute Gasteiger partial charge is 0.481 e. The summed E-state index contributed by atoms with van der Waals surface area (Å²) in [5.74, 6) is -3.45. The van der Waals surface area contributed by atoms with Crippen molar-refractivity contribution in [2.45, 2.75) is 51.3 Å². The fourth-order valence-corrected chi connectivity index (χ4v) is 5.68. The highest BCUT2D eigenvalue weighted by molar-refractivity contribution is 6.30. The van der Waals surface area contributed by atoms with E-state index in [1.54, 1.807) is 36.4 Å². The van der Waals surface area contributed by atoms with Crippen molar-refractivity contribution in [1.82, 2.24) is 5.32 Å². The second kappa shape index (κ2) is 15.6. The van der Waals surface area contributed by atoms with Crippen molar-refractivity contribution in [3.63, 3.8) is 0 Å². The first-order chi connectivity index (χ1) is 22.3. The van der Waals surface area contributed by atoms with Gasteiger partial charge in [-0.3, -0.25) is 14.4 Å². The number of alkyl halides is 3. The van der Waals surface area contributed by atoms with Crippen molar-refractivity contribution >= 4 is 35.1 Å². The minimum atomic E-state index is -4.86. The molecule has 3 N–H and O–H groups in total. The molecule has 0 heterocycles. The van der Waals surface area contributed by atoms with Crippen molar-refractivity contribution in [1.29, 1.82) is 0 Å². The van der Waals surface area contributed by atoms with Crippen LogP contribution in [0.2, 0.25) is 5.02 Å². The number of hydrogen-bond acceptors (Lipinski definition) is 4. The largest absolute Gasteiger partial charge is 0.573 e. The molecule has 0 radical (unpaired) electrons. The van der Waals surface area contributed by atoms with Gasteiger partial charge in [-0.05, 0) is 95.6 Å². The lowest BCUT2D eigenvalue weighted by Crippen LogP contribution is -2.27. The Balaban J connectivity index is 1.64. The summed E-state index contributed by atoms with van der Waals surface area (Å²) < 4.78 is 42.6. The fourth-order valence-electron chi connectivity index (χ4n) is 5.45. The molecule has 0 fully saturated rings. The number of aryl methyl sites for hydroxylation is 1. The van der Waals surface area contributed by atoms with E-state index in [0.717, 1.165) is 22.3 Å². The monoisotopic (exact) mass is 666 g/mol. The van der Waals surface area contributed by atoms with E-state index in [9.17, 15) is 27.6 Å².